The number of rotatable bonds is 6. The Hall–Kier alpha value is -2.90. The monoisotopic (exact) mass is 275 g/mol. The Morgan fingerprint density at radius 1 is 1.50 bits per heavy atom. The van der Waals surface area contributed by atoms with Gasteiger partial charge >= 0.3 is 0 Å². The number of carbonyl (C=O) groups is 1. The van der Waals surface area contributed by atoms with Gasteiger partial charge < -0.3 is 16.0 Å². The molecule has 0 aliphatic heterocycles. The number of nitrogens with one attached hydrogen (secondary N) is 2. The number of amides is 1. The molecule has 1 heterocycles. The summed E-state index contributed by atoms with van der Waals surface area (Å²) < 4.78 is 0. The van der Waals surface area contributed by atoms with Gasteiger partial charge in [0, 0.05) is 36.5 Å². The first kappa shape index (κ1) is 13.5. The molecule has 1 aromatic heterocycles. The largest absolute Gasteiger partial charge is 0.379 e. The topological polar surface area (TPSA) is 127 Å². The van der Waals surface area contributed by atoms with Crippen molar-refractivity contribution in [1.82, 2.24) is 9.97 Å². The number of carbonyl (C=O) groups excluding carboxylic acids is 1. The molecule has 0 aliphatic carbocycles. The van der Waals surface area contributed by atoms with Gasteiger partial charge in [0.2, 0.25) is 5.91 Å². The van der Waals surface area contributed by atoms with Crippen molar-refractivity contribution in [2.75, 3.05) is 11.9 Å². The molecule has 0 radical (unpaired) electrons. The van der Waals surface area contributed by atoms with Crippen LogP contribution in [0, 0.1) is 10.1 Å². The first-order valence-electron chi connectivity index (χ1n) is 5.87. The molecule has 0 fully saturated rings. The van der Waals surface area contributed by atoms with Crippen LogP contribution in [-0.2, 0) is 6.42 Å². The number of hydrogen-bond donors (Lipinski definition) is 3. The van der Waals surface area contributed by atoms with E-state index in [1.54, 1.807) is 12.5 Å². The summed E-state index contributed by atoms with van der Waals surface area (Å²) in [6, 6.07) is 4.10. The molecule has 20 heavy (non-hydrogen) atoms. The van der Waals surface area contributed by atoms with Gasteiger partial charge in [0.15, 0.2) is 0 Å². The maximum atomic E-state index is 11.0. The SMILES string of the molecule is NC(=O)c1ccc(NCCc2cnc[nH]2)c([N+](=O)[O-])c1. The molecule has 0 atom stereocenters. The van der Waals surface area contributed by atoms with Crippen LogP contribution in [-0.4, -0.2) is 27.3 Å². The average Bonchev–Trinajstić information content (AvgIpc) is 2.91. The van der Waals surface area contributed by atoms with Crippen molar-refractivity contribution in [2.24, 2.45) is 5.73 Å². The lowest BCUT2D eigenvalue weighted by molar-refractivity contribution is -0.384. The molecule has 0 unspecified atom stereocenters. The van der Waals surface area contributed by atoms with Crippen molar-refractivity contribution in [3.05, 3.63) is 52.1 Å². The minimum atomic E-state index is -0.697. The average molecular weight is 275 g/mol. The number of nitro benzene ring substituents is 1. The highest BCUT2D eigenvalue weighted by molar-refractivity contribution is 5.94. The Labute approximate surface area is 114 Å². The van der Waals surface area contributed by atoms with Crippen molar-refractivity contribution in [3.8, 4) is 0 Å². The van der Waals surface area contributed by atoms with Crippen molar-refractivity contribution >= 4 is 17.3 Å². The highest BCUT2D eigenvalue weighted by Crippen LogP contribution is 2.25. The van der Waals surface area contributed by atoms with Crippen LogP contribution in [0.25, 0.3) is 0 Å². The van der Waals surface area contributed by atoms with Crippen LogP contribution in [0.4, 0.5) is 11.4 Å². The predicted octanol–water partition coefficient (Wildman–Crippen LogP) is 1.07. The number of aromatic nitrogens is 2. The van der Waals surface area contributed by atoms with Crippen LogP contribution >= 0.6 is 0 Å². The third-order valence-electron chi connectivity index (χ3n) is 2.74. The van der Waals surface area contributed by atoms with Crippen molar-refractivity contribution in [1.29, 1.82) is 0 Å². The van der Waals surface area contributed by atoms with E-state index >= 15 is 0 Å². The fraction of sp³-hybridized carbons (Fsp3) is 0.167. The number of nitrogens with zero attached hydrogens (tertiary/aromatic N) is 2. The minimum Gasteiger partial charge on any atom is -0.379 e. The maximum absolute atomic E-state index is 11.0. The molecule has 0 saturated carbocycles. The van der Waals surface area contributed by atoms with Gasteiger partial charge in [-0.25, -0.2) is 4.98 Å². The molecular formula is C12H13N5O3. The van der Waals surface area contributed by atoms with Gasteiger partial charge in [0.1, 0.15) is 5.69 Å². The van der Waals surface area contributed by atoms with Crippen molar-refractivity contribution < 1.29 is 9.72 Å². The first-order chi connectivity index (χ1) is 9.58. The lowest BCUT2D eigenvalue weighted by Crippen LogP contribution is -2.12. The summed E-state index contributed by atoms with van der Waals surface area (Å²) in [7, 11) is 0. The van der Waals surface area contributed by atoms with E-state index in [4.69, 9.17) is 5.73 Å². The highest BCUT2D eigenvalue weighted by Gasteiger charge is 2.16. The number of hydrogen-bond acceptors (Lipinski definition) is 5. The molecule has 2 rings (SSSR count). The van der Waals surface area contributed by atoms with E-state index in [0.29, 0.717) is 18.7 Å². The van der Waals surface area contributed by atoms with E-state index in [1.165, 1.54) is 18.2 Å². The number of nitro groups is 1. The Bertz CT molecular complexity index is 624. The van der Waals surface area contributed by atoms with E-state index < -0.39 is 10.8 Å². The van der Waals surface area contributed by atoms with Crippen LogP contribution in [0.1, 0.15) is 16.1 Å². The second-order valence-electron chi connectivity index (χ2n) is 4.11. The molecule has 104 valence electrons. The van der Waals surface area contributed by atoms with Gasteiger partial charge in [-0.1, -0.05) is 0 Å². The van der Waals surface area contributed by atoms with Crippen LogP contribution in [0.15, 0.2) is 30.7 Å². The number of aromatic amines is 1. The number of nitrogens with two attached hydrogens (primary N) is 1. The third-order valence-corrected chi connectivity index (χ3v) is 2.74. The molecular weight excluding hydrogens is 262 g/mol. The van der Waals surface area contributed by atoms with Gasteiger partial charge in [0.25, 0.3) is 5.69 Å². The summed E-state index contributed by atoms with van der Waals surface area (Å²) in [5.41, 5.74) is 6.31. The molecule has 0 spiro atoms. The summed E-state index contributed by atoms with van der Waals surface area (Å²) in [5.74, 6) is -0.697. The fourth-order valence-electron chi connectivity index (χ4n) is 1.74. The number of anilines is 1. The maximum Gasteiger partial charge on any atom is 0.293 e. The van der Waals surface area contributed by atoms with Gasteiger partial charge in [-0.2, -0.15) is 0 Å². The first-order valence-corrected chi connectivity index (χ1v) is 5.87. The Morgan fingerprint density at radius 3 is 2.90 bits per heavy atom. The summed E-state index contributed by atoms with van der Waals surface area (Å²) >= 11 is 0. The van der Waals surface area contributed by atoms with Crippen LogP contribution in [0.3, 0.4) is 0 Å². The molecule has 8 heteroatoms. The van der Waals surface area contributed by atoms with Crippen LogP contribution in [0.5, 0.6) is 0 Å². The zero-order valence-corrected chi connectivity index (χ0v) is 10.5. The standard InChI is InChI=1S/C12H13N5O3/c13-12(18)8-1-2-10(11(5-8)17(19)20)15-4-3-9-6-14-7-16-9/h1-2,5-7,15H,3-4H2,(H2,13,18)(H,14,16). The van der Waals surface area contributed by atoms with E-state index in [0.717, 1.165) is 5.69 Å². The zero-order valence-electron chi connectivity index (χ0n) is 10.5. The van der Waals surface area contributed by atoms with E-state index in [1.807, 2.05) is 0 Å². The van der Waals surface area contributed by atoms with Gasteiger partial charge in [-0.15, -0.1) is 0 Å². The van der Waals surface area contributed by atoms with E-state index in [2.05, 4.69) is 15.3 Å². The zero-order chi connectivity index (χ0) is 14.5. The molecule has 8 nitrogen and oxygen atoms in total. The number of H-pyrrole nitrogens is 1. The third kappa shape index (κ3) is 3.10. The quantitative estimate of drug-likeness (QED) is 0.536. The van der Waals surface area contributed by atoms with Crippen LogP contribution in [0.2, 0.25) is 0 Å². The number of primary amides is 1. The number of imidazole rings is 1. The molecule has 4 N–H and O–H groups in total. The number of benzene rings is 1. The molecule has 2 aromatic rings. The Kier molecular flexibility index (Phi) is 3.94. The van der Waals surface area contributed by atoms with Crippen molar-refractivity contribution in [3.63, 3.8) is 0 Å². The summed E-state index contributed by atoms with van der Waals surface area (Å²) in [6.07, 6.45) is 3.90. The van der Waals surface area contributed by atoms with Crippen LogP contribution < -0.4 is 11.1 Å². The molecule has 0 bridgehead atoms. The van der Waals surface area contributed by atoms with E-state index in [9.17, 15) is 14.9 Å². The molecule has 1 aromatic carbocycles. The Balaban J connectivity index is 2.10. The second kappa shape index (κ2) is 5.83. The Morgan fingerprint density at radius 2 is 2.30 bits per heavy atom. The van der Waals surface area contributed by atoms with Crippen molar-refractivity contribution in [2.45, 2.75) is 6.42 Å². The minimum absolute atomic E-state index is 0.107. The summed E-state index contributed by atoms with van der Waals surface area (Å²) in [5, 5.41) is 13.9. The van der Waals surface area contributed by atoms with E-state index in [-0.39, 0.29) is 11.3 Å². The predicted molar refractivity (Wildman–Crippen MR) is 72.4 cm³/mol. The lowest BCUT2D eigenvalue weighted by atomic mass is 10.1. The summed E-state index contributed by atoms with van der Waals surface area (Å²) in [4.78, 5) is 28.3. The lowest BCUT2D eigenvalue weighted by Gasteiger charge is -2.07. The highest BCUT2D eigenvalue weighted by atomic mass is 16.6. The normalized spacial score (nSPS) is 10.2. The smallest absolute Gasteiger partial charge is 0.293 e. The van der Waals surface area contributed by atoms with Gasteiger partial charge in [-0.3, -0.25) is 14.9 Å². The van der Waals surface area contributed by atoms with Gasteiger partial charge in [-0.05, 0) is 12.1 Å². The molecule has 0 aliphatic rings. The van der Waals surface area contributed by atoms with Gasteiger partial charge in [0.05, 0.1) is 11.3 Å². The fourth-order valence-corrected chi connectivity index (χ4v) is 1.74. The molecule has 0 saturated heterocycles. The summed E-state index contributed by atoms with van der Waals surface area (Å²) in [6.45, 7) is 0.499. The molecule has 1 amide bonds. The second-order valence-corrected chi connectivity index (χ2v) is 4.11.